The normalized spacial score (nSPS) is 28.6. The molecule has 18 heavy (non-hydrogen) atoms. The molecule has 1 fully saturated rings. The third-order valence-corrected chi connectivity index (χ3v) is 4.70. The first-order chi connectivity index (χ1) is 8.21. The number of nitrogens with zero attached hydrogens (tertiary/aromatic N) is 1. The zero-order chi connectivity index (χ0) is 13.9. The van der Waals surface area contributed by atoms with Crippen LogP contribution >= 0.6 is 0 Å². The zero-order valence-electron chi connectivity index (χ0n) is 12.8. The van der Waals surface area contributed by atoms with Crippen LogP contribution in [0.5, 0.6) is 0 Å². The summed E-state index contributed by atoms with van der Waals surface area (Å²) in [7, 11) is -0.690. The van der Waals surface area contributed by atoms with E-state index in [9.17, 15) is 4.21 Å². The monoisotopic (exact) mass is 274 g/mol. The van der Waals surface area contributed by atoms with E-state index in [-0.39, 0.29) is 5.41 Å². The van der Waals surface area contributed by atoms with Crippen LogP contribution in [0.4, 0.5) is 0 Å². The first kappa shape index (κ1) is 16.1. The average molecular weight is 274 g/mol. The molecule has 0 spiro atoms. The Morgan fingerprint density at radius 2 is 2.00 bits per heavy atom. The molecule has 0 amide bonds. The number of nitrogens with one attached hydrogen (secondary N) is 1. The molecule has 0 aromatic rings. The average Bonchev–Trinajstić information content (AvgIpc) is 2.24. The Labute approximate surface area is 115 Å². The summed E-state index contributed by atoms with van der Waals surface area (Å²) in [5.41, 5.74) is 0.283. The van der Waals surface area contributed by atoms with Crippen molar-refractivity contribution in [3.63, 3.8) is 0 Å². The third kappa shape index (κ3) is 4.63. The molecule has 1 rings (SSSR count). The van der Waals surface area contributed by atoms with Gasteiger partial charge in [-0.05, 0) is 11.3 Å². The molecule has 0 aliphatic carbocycles. The van der Waals surface area contributed by atoms with Gasteiger partial charge in [-0.25, -0.2) is 0 Å². The van der Waals surface area contributed by atoms with Crippen LogP contribution in [0.1, 0.15) is 34.6 Å². The van der Waals surface area contributed by atoms with Gasteiger partial charge in [-0.1, -0.05) is 34.6 Å². The SMILES string of the molecule is CC(C)C1CNC(C(C)(C)C)CN1CCS(C)=O. The Kier molecular flexibility index (Phi) is 5.81. The molecule has 3 atom stereocenters. The quantitative estimate of drug-likeness (QED) is 0.847. The van der Waals surface area contributed by atoms with Gasteiger partial charge in [-0.15, -0.1) is 0 Å². The fourth-order valence-electron chi connectivity index (χ4n) is 2.57. The van der Waals surface area contributed by atoms with Gasteiger partial charge in [-0.2, -0.15) is 0 Å². The molecule has 0 aromatic carbocycles. The van der Waals surface area contributed by atoms with Gasteiger partial charge in [0.25, 0.3) is 0 Å². The lowest BCUT2D eigenvalue weighted by Gasteiger charge is -2.46. The maximum absolute atomic E-state index is 11.3. The summed E-state index contributed by atoms with van der Waals surface area (Å²) in [4.78, 5) is 2.54. The minimum atomic E-state index is -0.690. The fraction of sp³-hybridized carbons (Fsp3) is 1.00. The molecule has 0 bridgehead atoms. The number of rotatable bonds is 4. The highest BCUT2D eigenvalue weighted by molar-refractivity contribution is 7.84. The van der Waals surface area contributed by atoms with E-state index in [1.54, 1.807) is 6.26 Å². The highest BCUT2D eigenvalue weighted by atomic mass is 32.2. The van der Waals surface area contributed by atoms with Gasteiger partial charge in [0.2, 0.25) is 0 Å². The second-order valence-electron chi connectivity index (χ2n) is 6.91. The Morgan fingerprint density at radius 3 is 2.44 bits per heavy atom. The molecule has 0 aromatic heterocycles. The molecule has 1 aliphatic heterocycles. The first-order valence-corrected chi connectivity index (χ1v) is 8.72. The smallest absolute Gasteiger partial charge is 0.0359 e. The predicted molar refractivity (Wildman–Crippen MR) is 80.4 cm³/mol. The lowest BCUT2D eigenvalue weighted by Crippen LogP contribution is -2.62. The van der Waals surface area contributed by atoms with Crippen LogP contribution in [0.3, 0.4) is 0 Å². The molecule has 3 nitrogen and oxygen atoms in total. The van der Waals surface area contributed by atoms with Crippen molar-refractivity contribution in [1.29, 1.82) is 0 Å². The van der Waals surface area contributed by atoms with Gasteiger partial charge in [0, 0.05) is 54.5 Å². The Morgan fingerprint density at radius 1 is 1.39 bits per heavy atom. The van der Waals surface area contributed by atoms with Crippen LogP contribution in [0.25, 0.3) is 0 Å². The standard InChI is InChI=1S/C14H30N2OS/c1-11(2)12-9-15-13(14(3,4)5)10-16(12)7-8-18(6)17/h11-13,15H,7-10H2,1-6H3. The van der Waals surface area contributed by atoms with Crippen molar-refractivity contribution in [3.05, 3.63) is 0 Å². The lowest BCUT2D eigenvalue weighted by atomic mass is 9.83. The molecule has 4 heteroatoms. The zero-order valence-corrected chi connectivity index (χ0v) is 13.6. The molecule has 3 unspecified atom stereocenters. The summed E-state index contributed by atoms with van der Waals surface area (Å²) in [5, 5.41) is 3.69. The van der Waals surface area contributed by atoms with E-state index in [4.69, 9.17) is 0 Å². The van der Waals surface area contributed by atoms with Crippen molar-refractivity contribution >= 4 is 10.8 Å². The molecule has 0 saturated carbocycles. The summed E-state index contributed by atoms with van der Waals surface area (Å²) in [6.45, 7) is 14.5. The maximum Gasteiger partial charge on any atom is 0.0359 e. The van der Waals surface area contributed by atoms with E-state index in [1.165, 1.54) is 0 Å². The Hall–Kier alpha value is 0.0700. The number of hydrogen-bond acceptors (Lipinski definition) is 3. The second-order valence-corrected chi connectivity index (χ2v) is 8.47. The molecule has 1 saturated heterocycles. The van der Waals surface area contributed by atoms with Gasteiger partial charge in [0.15, 0.2) is 0 Å². The minimum absolute atomic E-state index is 0.283. The summed E-state index contributed by atoms with van der Waals surface area (Å²) in [6, 6.07) is 1.10. The van der Waals surface area contributed by atoms with Gasteiger partial charge < -0.3 is 5.32 Å². The van der Waals surface area contributed by atoms with E-state index in [1.807, 2.05) is 0 Å². The fourth-order valence-corrected chi connectivity index (χ4v) is 3.06. The van der Waals surface area contributed by atoms with Crippen molar-refractivity contribution < 1.29 is 4.21 Å². The van der Waals surface area contributed by atoms with Crippen molar-refractivity contribution in [2.24, 2.45) is 11.3 Å². The van der Waals surface area contributed by atoms with Crippen LogP contribution < -0.4 is 5.32 Å². The van der Waals surface area contributed by atoms with E-state index >= 15 is 0 Å². The van der Waals surface area contributed by atoms with Crippen LogP contribution in [-0.2, 0) is 10.8 Å². The van der Waals surface area contributed by atoms with Crippen molar-refractivity contribution in [1.82, 2.24) is 10.2 Å². The van der Waals surface area contributed by atoms with E-state index in [0.717, 1.165) is 25.4 Å². The van der Waals surface area contributed by atoms with Gasteiger partial charge in [0.1, 0.15) is 0 Å². The summed E-state index contributed by atoms with van der Waals surface area (Å²) < 4.78 is 11.3. The molecule has 1 aliphatic rings. The largest absolute Gasteiger partial charge is 0.311 e. The number of piperazine rings is 1. The second kappa shape index (κ2) is 6.49. The lowest BCUT2D eigenvalue weighted by molar-refractivity contribution is 0.0686. The van der Waals surface area contributed by atoms with Gasteiger partial charge in [-0.3, -0.25) is 9.11 Å². The van der Waals surface area contributed by atoms with Crippen molar-refractivity contribution in [3.8, 4) is 0 Å². The predicted octanol–water partition coefficient (Wildman–Crippen LogP) is 1.71. The molecular formula is C14H30N2OS. The molecule has 1 heterocycles. The minimum Gasteiger partial charge on any atom is -0.311 e. The van der Waals surface area contributed by atoms with E-state index < -0.39 is 10.8 Å². The first-order valence-electron chi connectivity index (χ1n) is 6.99. The molecule has 108 valence electrons. The molecule has 0 radical (unpaired) electrons. The van der Waals surface area contributed by atoms with Crippen molar-refractivity contribution in [2.75, 3.05) is 31.6 Å². The van der Waals surface area contributed by atoms with Gasteiger partial charge in [0.05, 0.1) is 0 Å². The summed E-state index contributed by atoms with van der Waals surface area (Å²) >= 11 is 0. The topological polar surface area (TPSA) is 32.3 Å². The highest BCUT2D eigenvalue weighted by Gasteiger charge is 2.34. The molecular weight excluding hydrogens is 244 g/mol. The Balaban J connectivity index is 2.67. The van der Waals surface area contributed by atoms with Crippen LogP contribution in [0.2, 0.25) is 0 Å². The van der Waals surface area contributed by atoms with E-state index in [2.05, 4.69) is 44.8 Å². The molecule has 1 N–H and O–H groups in total. The summed E-state index contributed by atoms with van der Waals surface area (Å²) in [5.74, 6) is 1.43. The summed E-state index contributed by atoms with van der Waals surface area (Å²) in [6.07, 6.45) is 1.80. The van der Waals surface area contributed by atoms with Crippen molar-refractivity contribution in [2.45, 2.75) is 46.7 Å². The maximum atomic E-state index is 11.3. The Bertz CT molecular complexity index is 286. The van der Waals surface area contributed by atoms with Crippen LogP contribution in [-0.4, -0.2) is 52.8 Å². The van der Waals surface area contributed by atoms with Crippen LogP contribution in [0.15, 0.2) is 0 Å². The highest BCUT2D eigenvalue weighted by Crippen LogP contribution is 2.25. The van der Waals surface area contributed by atoms with Gasteiger partial charge >= 0.3 is 0 Å². The number of hydrogen-bond donors (Lipinski definition) is 1. The van der Waals surface area contributed by atoms with Crippen LogP contribution in [0, 0.1) is 11.3 Å². The third-order valence-electron chi connectivity index (χ3n) is 3.94. The van der Waals surface area contributed by atoms with E-state index in [0.29, 0.717) is 18.0 Å².